The summed E-state index contributed by atoms with van der Waals surface area (Å²) in [6.45, 7) is 3.44. The maximum atomic E-state index is 12.7. The number of hydrogen-bond donors (Lipinski definition) is 2. The van der Waals surface area contributed by atoms with E-state index >= 15 is 0 Å². The lowest BCUT2D eigenvalue weighted by atomic mass is 10.0. The Kier molecular flexibility index (Phi) is 7.60. The van der Waals surface area contributed by atoms with Crippen LogP contribution < -0.4 is 14.2 Å². The summed E-state index contributed by atoms with van der Waals surface area (Å²) in [6, 6.07) is 9.09. The number of hydrogen-bond acceptors (Lipinski definition) is 7. The van der Waals surface area contributed by atoms with Gasteiger partial charge >= 0.3 is 5.97 Å². The van der Waals surface area contributed by atoms with E-state index < -0.39 is 28.1 Å². The molecular weight excluding hydrogens is 398 g/mol. The lowest BCUT2D eigenvalue weighted by molar-refractivity contribution is -0.148. The van der Waals surface area contributed by atoms with Crippen molar-refractivity contribution in [2.75, 3.05) is 20.8 Å². The Morgan fingerprint density at radius 2 is 1.69 bits per heavy atom. The van der Waals surface area contributed by atoms with Gasteiger partial charge in [-0.05, 0) is 43.7 Å². The molecule has 2 atom stereocenters. The van der Waals surface area contributed by atoms with E-state index in [-0.39, 0.29) is 17.1 Å². The Hall–Kier alpha value is -2.62. The highest BCUT2D eigenvalue weighted by atomic mass is 32.2. The average Bonchev–Trinajstić information content (AvgIpc) is 2.71. The topological polar surface area (TPSA) is 111 Å². The van der Waals surface area contributed by atoms with Gasteiger partial charge in [0.2, 0.25) is 10.0 Å². The van der Waals surface area contributed by atoms with Gasteiger partial charge in [0.05, 0.1) is 25.7 Å². The third-order valence-corrected chi connectivity index (χ3v) is 5.68. The van der Waals surface area contributed by atoms with Crippen molar-refractivity contribution in [1.29, 1.82) is 0 Å². The van der Waals surface area contributed by atoms with Crippen molar-refractivity contribution in [3.63, 3.8) is 0 Å². The van der Waals surface area contributed by atoms with E-state index in [0.29, 0.717) is 11.5 Å². The van der Waals surface area contributed by atoms with E-state index in [2.05, 4.69) is 4.72 Å². The molecule has 0 saturated carbocycles. The van der Waals surface area contributed by atoms with Gasteiger partial charge in [-0.15, -0.1) is 0 Å². The number of aliphatic hydroxyl groups excluding tert-OH is 1. The lowest BCUT2D eigenvalue weighted by Crippen LogP contribution is -2.45. The fourth-order valence-electron chi connectivity index (χ4n) is 2.66. The second-order valence-corrected chi connectivity index (χ2v) is 7.94. The smallest absolute Gasteiger partial charge is 0.327 e. The first-order chi connectivity index (χ1) is 13.7. The number of ether oxygens (including phenoxy) is 3. The summed E-state index contributed by atoms with van der Waals surface area (Å²) in [5.74, 6) is -0.144. The number of carbonyl (C=O) groups excluding carboxylic acids is 1. The minimum atomic E-state index is -4.09. The molecule has 0 saturated heterocycles. The number of benzene rings is 2. The number of carbonyl (C=O) groups is 1. The molecule has 0 aliphatic heterocycles. The van der Waals surface area contributed by atoms with E-state index in [1.54, 1.807) is 25.1 Å². The van der Waals surface area contributed by atoms with E-state index in [4.69, 9.17) is 14.2 Å². The second-order valence-electron chi connectivity index (χ2n) is 6.22. The molecule has 0 bridgehead atoms. The van der Waals surface area contributed by atoms with Gasteiger partial charge in [0.1, 0.15) is 12.1 Å². The van der Waals surface area contributed by atoms with Gasteiger partial charge in [-0.1, -0.05) is 23.8 Å². The van der Waals surface area contributed by atoms with Crippen LogP contribution in [0.15, 0.2) is 47.4 Å². The van der Waals surface area contributed by atoms with Crippen LogP contribution in [0.3, 0.4) is 0 Å². The molecule has 8 nitrogen and oxygen atoms in total. The number of sulfonamides is 1. The van der Waals surface area contributed by atoms with Crippen LogP contribution in [-0.4, -0.2) is 46.4 Å². The zero-order valence-electron chi connectivity index (χ0n) is 16.7. The van der Waals surface area contributed by atoms with Gasteiger partial charge in [0.15, 0.2) is 11.5 Å². The van der Waals surface area contributed by atoms with E-state index in [1.165, 1.54) is 38.5 Å². The van der Waals surface area contributed by atoms with Crippen molar-refractivity contribution >= 4 is 16.0 Å². The number of aliphatic hydroxyl groups is 1. The number of methoxy groups -OCH3 is 2. The first-order valence-electron chi connectivity index (χ1n) is 8.89. The summed E-state index contributed by atoms with van der Waals surface area (Å²) in [7, 11) is -1.20. The Bertz CT molecular complexity index is 942. The van der Waals surface area contributed by atoms with Gasteiger partial charge < -0.3 is 19.3 Å². The van der Waals surface area contributed by atoms with Crippen molar-refractivity contribution in [2.24, 2.45) is 0 Å². The molecule has 2 unspecified atom stereocenters. The molecular formula is C20H25NO7S. The summed E-state index contributed by atoms with van der Waals surface area (Å²) in [4.78, 5) is 12.4. The molecule has 0 spiro atoms. The highest BCUT2D eigenvalue weighted by molar-refractivity contribution is 7.89. The number of aryl methyl sites for hydroxylation is 1. The molecule has 158 valence electrons. The monoisotopic (exact) mass is 423 g/mol. The van der Waals surface area contributed by atoms with Gasteiger partial charge in [-0.3, -0.25) is 4.79 Å². The Morgan fingerprint density at radius 3 is 2.24 bits per heavy atom. The quantitative estimate of drug-likeness (QED) is 0.593. The van der Waals surface area contributed by atoms with Crippen molar-refractivity contribution in [2.45, 2.75) is 30.9 Å². The van der Waals surface area contributed by atoms with E-state index in [9.17, 15) is 18.3 Å². The molecule has 0 aromatic heterocycles. The lowest BCUT2D eigenvalue weighted by Gasteiger charge is -2.23. The first-order valence-corrected chi connectivity index (χ1v) is 10.4. The Morgan fingerprint density at radius 1 is 1.07 bits per heavy atom. The highest BCUT2D eigenvalue weighted by Crippen LogP contribution is 2.31. The van der Waals surface area contributed by atoms with Gasteiger partial charge in [0.25, 0.3) is 0 Å². The van der Waals surface area contributed by atoms with Crippen LogP contribution in [-0.2, 0) is 19.6 Å². The molecule has 0 amide bonds. The van der Waals surface area contributed by atoms with Gasteiger partial charge in [-0.2, -0.15) is 4.72 Å². The van der Waals surface area contributed by atoms with Gasteiger partial charge in [0, 0.05) is 0 Å². The third-order valence-electron chi connectivity index (χ3n) is 4.22. The summed E-state index contributed by atoms with van der Waals surface area (Å²) >= 11 is 0. The number of nitrogens with one attached hydrogen (secondary N) is 1. The number of rotatable bonds is 9. The molecule has 2 aromatic carbocycles. The van der Waals surface area contributed by atoms with Crippen molar-refractivity contribution in [1.82, 2.24) is 4.72 Å². The fourth-order valence-corrected chi connectivity index (χ4v) is 3.85. The van der Waals surface area contributed by atoms with Crippen molar-refractivity contribution in [3.8, 4) is 11.5 Å². The molecule has 0 aliphatic carbocycles. The summed E-state index contributed by atoms with van der Waals surface area (Å²) in [6.07, 6.45) is -1.52. The highest BCUT2D eigenvalue weighted by Gasteiger charge is 2.34. The zero-order valence-corrected chi connectivity index (χ0v) is 17.5. The van der Waals surface area contributed by atoms with E-state index in [0.717, 1.165) is 5.56 Å². The third kappa shape index (κ3) is 5.47. The standard InChI is InChI=1S/C20H25NO7S/c1-5-28-20(23)18(21-29(24,25)15-9-6-13(2)7-10-15)19(22)14-8-11-16(26-3)17(12-14)27-4/h6-12,18-19,21-22H,5H2,1-4H3. The van der Waals surface area contributed by atoms with Crippen LogP contribution in [0.1, 0.15) is 24.2 Å². The van der Waals surface area contributed by atoms with Crippen LogP contribution >= 0.6 is 0 Å². The number of esters is 1. The van der Waals surface area contributed by atoms with Crippen LogP contribution in [0.2, 0.25) is 0 Å². The molecule has 2 N–H and O–H groups in total. The van der Waals surface area contributed by atoms with Gasteiger partial charge in [-0.25, -0.2) is 8.42 Å². The van der Waals surface area contributed by atoms with Crippen LogP contribution in [0.5, 0.6) is 11.5 Å². The average molecular weight is 423 g/mol. The van der Waals surface area contributed by atoms with Crippen LogP contribution in [0.4, 0.5) is 0 Å². The van der Waals surface area contributed by atoms with Crippen LogP contribution in [0, 0.1) is 6.92 Å². The van der Waals surface area contributed by atoms with Crippen LogP contribution in [0.25, 0.3) is 0 Å². The summed E-state index contributed by atoms with van der Waals surface area (Å²) in [5, 5.41) is 10.8. The fraction of sp³-hybridized carbons (Fsp3) is 0.350. The summed E-state index contributed by atoms with van der Waals surface area (Å²) < 4.78 is 43.1. The molecule has 2 aromatic rings. The molecule has 9 heteroatoms. The Balaban J connectivity index is 2.39. The zero-order chi connectivity index (χ0) is 21.6. The molecule has 29 heavy (non-hydrogen) atoms. The van der Waals surface area contributed by atoms with Crippen molar-refractivity contribution in [3.05, 3.63) is 53.6 Å². The first kappa shape index (κ1) is 22.7. The predicted octanol–water partition coefficient (Wildman–Crippen LogP) is 1.96. The maximum Gasteiger partial charge on any atom is 0.327 e. The van der Waals surface area contributed by atoms with Crippen molar-refractivity contribution < 1.29 is 32.5 Å². The molecule has 0 aliphatic rings. The molecule has 0 heterocycles. The normalized spacial score (nSPS) is 13.4. The minimum Gasteiger partial charge on any atom is -0.493 e. The Labute approximate surface area is 170 Å². The second kappa shape index (κ2) is 9.73. The molecule has 0 fully saturated rings. The molecule has 2 rings (SSSR count). The minimum absolute atomic E-state index is 0.0280. The summed E-state index contributed by atoms with van der Waals surface area (Å²) in [5.41, 5.74) is 1.14. The molecule has 0 radical (unpaired) electrons. The SMILES string of the molecule is CCOC(=O)C(NS(=O)(=O)c1ccc(C)cc1)C(O)c1ccc(OC)c(OC)c1. The van der Waals surface area contributed by atoms with E-state index in [1.807, 2.05) is 6.92 Å². The largest absolute Gasteiger partial charge is 0.493 e. The predicted molar refractivity (Wildman–Crippen MR) is 106 cm³/mol. The maximum absolute atomic E-state index is 12.7.